The summed E-state index contributed by atoms with van der Waals surface area (Å²) in [6.45, 7) is 3.87. The number of rotatable bonds is 4. The molecule has 118 valence electrons. The molecule has 0 unspecified atom stereocenters. The number of pyridine rings is 1. The summed E-state index contributed by atoms with van der Waals surface area (Å²) in [5, 5.41) is 25.6. The first-order valence-corrected chi connectivity index (χ1v) is 7.31. The van der Waals surface area contributed by atoms with Crippen molar-refractivity contribution in [2.75, 3.05) is 0 Å². The number of carboxylic acids is 1. The molecule has 0 saturated carbocycles. The fourth-order valence-electron chi connectivity index (χ4n) is 2.56. The molecule has 1 N–H and O–H groups in total. The van der Waals surface area contributed by atoms with E-state index in [1.54, 1.807) is 16.8 Å². The average Bonchev–Trinajstić information content (AvgIpc) is 2.94. The second-order valence-electron chi connectivity index (χ2n) is 5.59. The molecule has 0 bridgehead atoms. The van der Waals surface area contributed by atoms with Crippen LogP contribution in [-0.2, 0) is 6.61 Å². The third-order valence-corrected chi connectivity index (χ3v) is 3.71. The van der Waals surface area contributed by atoms with E-state index in [2.05, 4.69) is 10.1 Å². The van der Waals surface area contributed by atoms with Gasteiger partial charge in [0.15, 0.2) is 5.65 Å². The first-order valence-electron chi connectivity index (χ1n) is 7.31. The second-order valence-corrected chi connectivity index (χ2v) is 5.59. The lowest BCUT2D eigenvalue weighted by atomic mass is 10.0. The lowest BCUT2D eigenvalue weighted by molar-refractivity contribution is -0.254. The number of carbonyl (C=O) groups is 1. The van der Waals surface area contributed by atoms with Gasteiger partial charge in [0, 0.05) is 23.4 Å². The van der Waals surface area contributed by atoms with E-state index in [4.69, 9.17) is 5.11 Å². The van der Waals surface area contributed by atoms with Crippen LogP contribution in [0.25, 0.3) is 22.3 Å². The van der Waals surface area contributed by atoms with E-state index in [1.165, 1.54) is 12.3 Å². The van der Waals surface area contributed by atoms with Crippen LogP contribution in [0.1, 0.15) is 35.8 Å². The molecule has 23 heavy (non-hydrogen) atoms. The molecule has 0 spiro atoms. The Morgan fingerprint density at radius 2 is 1.96 bits per heavy atom. The van der Waals surface area contributed by atoms with Crippen molar-refractivity contribution in [1.29, 1.82) is 0 Å². The predicted molar refractivity (Wildman–Crippen MR) is 83.6 cm³/mol. The number of hydrogen-bond donors (Lipinski definition) is 1. The van der Waals surface area contributed by atoms with Crippen molar-refractivity contribution < 1.29 is 15.0 Å². The Labute approximate surface area is 133 Å². The van der Waals surface area contributed by atoms with Crippen molar-refractivity contribution in [1.82, 2.24) is 14.8 Å². The summed E-state index contributed by atoms with van der Waals surface area (Å²) in [7, 11) is 0. The fraction of sp³-hybridized carbons (Fsp3) is 0.235. The van der Waals surface area contributed by atoms with E-state index in [1.807, 2.05) is 26.0 Å². The smallest absolute Gasteiger partial charge is 0.159 e. The Kier molecular flexibility index (Phi) is 3.83. The number of aromatic carboxylic acids is 1. The van der Waals surface area contributed by atoms with Crippen molar-refractivity contribution in [2.45, 2.75) is 26.5 Å². The van der Waals surface area contributed by atoms with Crippen molar-refractivity contribution in [3.8, 4) is 11.3 Å². The number of hydrogen-bond acceptors (Lipinski definition) is 5. The molecular formula is C17H16N3O3-. The van der Waals surface area contributed by atoms with Crippen LogP contribution in [0.15, 0.2) is 36.5 Å². The Morgan fingerprint density at radius 1 is 1.26 bits per heavy atom. The number of fused-ring (bicyclic) bond motifs is 1. The van der Waals surface area contributed by atoms with Crippen LogP contribution >= 0.6 is 0 Å². The Morgan fingerprint density at radius 3 is 2.52 bits per heavy atom. The summed E-state index contributed by atoms with van der Waals surface area (Å²) in [6.07, 6.45) is 1.45. The largest absolute Gasteiger partial charge is 0.545 e. The molecule has 2 heterocycles. The SMILES string of the molecule is CC(C)n1nc(-c2ccc(CO)cc2)c2c(C(=O)[O-])ccnc21. The van der Waals surface area contributed by atoms with Gasteiger partial charge in [0.25, 0.3) is 0 Å². The third kappa shape index (κ3) is 2.57. The van der Waals surface area contributed by atoms with E-state index < -0.39 is 5.97 Å². The highest BCUT2D eigenvalue weighted by Gasteiger charge is 2.18. The van der Waals surface area contributed by atoms with Gasteiger partial charge >= 0.3 is 0 Å². The van der Waals surface area contributed by atoms with Gasteiger partial charge < -0.3 is 15.0 Å². The molecule has 0 fully saturated rings. The summed E-state index contributed by atoms with van der Waals surface area (Å²) in [5.74, 6) is -1.26. The van der Waals surface area contributed by atoms with E-state index in [0.717, 1.165) is 11.1 Å². The monoisotopic (exact) mass is 310 g/mol. The summed E-state index contributed by atoms with van der Waals surface area (Å²) in [6, 6.07) is 8.64. The van der Waals surface area contributed by atoms with Crippen molar-refractivity contribution in [3.63, 3.8) is 0 Å². The Balaban J connectivity index is 2.32. The van der Waals surface area contributed by atoms with Crippen molar-refractivity contribution in [2.24, 2.45) is 0 Å². The number of aromatic nitrogens is 3. The molecule has 0 atom stereocenters. The number of nitrogens with zero attached hydrogens (tertiary/aromatic N) is 3. The van der Waals surface area contributed by atoms with E-state index in [9.17, 15) is 9.90 Å². The summed E-state index contributed by atoms with van der Waals surface area (Å²) >= 11 is 0. The molecule has 0 aliphatic rings. The van der Waals surface area contributed by atoms with E-state index >= 15 is 0 Å². The maximum Gasteiger partial charge on any atom is 0.159 e. The molecule has 6 heteroatoms. The molecule has 1 aromatic carbocycles. The molecule has 3 rings (SSSR count). The highest BCUT2D eigenvalue weighted by Crippen LogP contribution is 2.31. The van der Waals surface area contributed by atoms with Crippen LogP contribution in [0.3, 0.4) is 0 Å². The third-order valence-electron chi connectivity index (χ3n) is 3.71. The number of aliphatic hydroxyl groups is 1. The molecule has 0 radical (unpaired) electrons. The minimum absolute atomic E-state index is 0.0347. The number of benzene rings is 1. The molecule has 6 nitrogen and oxygen atoms in total. The highest BCUT2D eigenvalue weighted by atomic mass is 16.4. The Bertz CT molecular complexity index is 867. The number of aliphatic hydroxyl groups excluding tert-OH is 1. The summed E-state index contributed by atoms with van der Waals surface area (Å²) in [4.78, 5) is 15.8. The maximum absolute atomic E-state index is 11.5. The van der Waals surface area contributed by atoms with Gasteiger partial charge in [0.05, 0.1) is 18.0 Å². The maximum atomic E-state index is 11.5. The zero-order valence-electron chi connectivity index (χ0n) is 12.9. The van der Waals surface area contributed by atoms with Crippen LogP contribution in [0.5, 0.6) is 0 Å². The molecule has 2 aromatic heterocycles. The van der Waals surface area contributed by atoms with Crippen LogP contribution < -0.4 is 5.11 Å². The van der Waals surface area contributed by atoms with Gasteiger partial charge in [-0.25, -0.2) is 9.67 Å². The summed E-state index contributed by atoms with van der Waals surface area (Å²) in [5.41, 5.74) is 2.68. The van der Waals surface area contributed by atoms with Gasteiger partial charge in [0.1, 0.15) is 5.69 Å². The van der Waals surface area contributed by atoms with Gasteiger partial charge in [-0.3, -0.25) is 0 Å². The minimum Gasteiger partial charge on any atom is -0.545 e. The predicted octanol–water partition coefficient (Wildman–Crippen LogP) is 1.54. The van der Waals surface area contributed by atoms with Gasteiger partial charge in [-0.05, 0) is 25.5 Å². The highest BCUT2D eigenvalue weighted by molar-refractivity contribution is 6.06. The van der Waals surface area contributed by atoms with Gasteiger partial charge in [0.2, 0.25) is 0 Å². The quantitative estimate of drug-likeness (QED) is 0.789. The van der Waals surface area contributed by atoms with E-state index in [0.29, 0.717) is 16.7 Å². The Hall–Kier alpha value is -2.73. The van der Waals surface area contributed by atoms with Crippen LogP contribution in [0.4, 0.5) is 0 Å². The van der Waals surface area contributed by atoms with Crippen LogP contribution in [-0.4, -0.2) is 25.8 Å². The zero-order chi connectivity index (χ0) is 16.6. The molecule has 0 aliphatic heterocycles. The molecule has 0 aliphatic carbocycles. The lowest BCUT2D eigenvalue weighted by Crippen LogP contribution is -2.22. The normalized spacial score (nSPS) is 11.3. The van der Waals surface area contributed by atoms with Crippen molar-refractivity contribution in [3.05, 3.63) is 47.7 Å². The van der Waals surface area contributed by atoms with Gasteiger partial charge in [-0.1, -0.05) is 24.3 Å². The van der Waals surface area contributed by atoms with Gasteiger partial charge in [-0.15, -0.1) is 0 Å². The van der Waals surface area contributed by atoms with Gasteiger partial charge in [-0.2, -0.15) is 5.10 Å². The fourth-order valence-corrected chi connectivity index (χ4v) is 2.56. The molecule has 0 amide bonds. The van der Waals surface area contributed by atoms with Crippen molar-refractivity contribution >= 4 is 17.0 Å². The number of carboxylic acid groups (broad SMARTS) is 1. The minimum atomic E-state index is -1.26. The first kappa shape index (κ1) is 15.2. The van der Waals surface area contributed by atoms with E-state index in [-0.39, 0.29) is 18.2 Å². The first-order chi connectivity index (χ1) is 11.0. The zero-order valence-corrected chi connectivity index (χ0v) is 12.9. The lowest BCUT2D eigenvalue weighted by Gasteiger charge is -2.07. The topological polar surface area (TPSA) is 91.1 Å². The molecule has 0 saturated heterocycles. The van der Waals surface area contributed by atoms with Crippen LogP contribution in [0.2, 0.25) is 0 Å². The average molecular weight is 310 g/mol. The number of carbonyl (C=O) groups excluding carboxylic acids is 1. The second kappa shape index (κ2) is 5.81. The van der Waals surface area contributed by atoms with Crippen LogP contribution in [0, 0.1) is 0 Å². The molecular weight excluding hydrogens is 294 g/mol. The molecule has 3 aromatic rings. The standard InChI is InChI=1S/C17H17N3O3/c1-10(2)20-16-14(13(17(22)23)7-8-18-16)15(19-20)12-5-3-11(9-21)4-6-12/h3-8,10,21H,9H2,1-2H3,(H,22,23)/p-1. The summed E-state index contributed by atoms with van der Waals surface area (Å²) < 4.78 is 1.71.